The average molecular weight is 266 g/mol. The van der Waals surface area contributed by atoms with Gasteiger partial charge in [-0.1, -0.05) is 19.9 Å². The van der Waals surface area contributed by atoms with Crippen LogP contribution < -0.4 is 5.56 Å². The van der Waals surface area contributed by atoms with Gasteiger partial charge in [0.15, 0.2) is 0 Å². The number of rotatable bonds is 1. The zero-order valence-corrected chi connectivity index (χ0v) is 10.3. The van der Waals surface area contributed by atoms with Crippen molar-refractivity contribution in [3.8, 4) is 0 Å². The Morgan fingerprint density at radius 2 is 1.93 bits per heavy atom. The van der Waals surface area contributed by atoms with E-state index in [9.17, 15) is 4.79 Å². The van der Waals surface area contributed by atoms with Crippen LogP contribution in [-0.4, -0.2) is 4.98 Å². The molecule has 2 aromatic rings. The quantitative estimate of drug-likeness (QED) is 0.842. The molecule has 2 nitrogen and oxygen atoms in total. The Morgan fingerprint density at radius 3 is 2.60 bits per heavy atom. The number of benzene rings is 1. The lowest BCUT2D eigenvalue weighted by Crippen LogP contribution is -2.05. The predicted octanol–water partition coefficient (Wildman–Crippen LogP) is 3.41. The third kappa shape index (κ3) is 1.72. The van der Waals surface area contributed by atoms with E-state index in [1.54, 1.807) is 6.20 Å². The monoisotopic (exact) mass is 265 g/mol. The van der Waals surface area contributed by atoms with Crippen LogP contribution in [0.3, 0.4) is 0 Å². The van der Waals surface area contributed by atoms with Crippen LogP contribution in [0.1, 0.15) is 25.3 Å². The van der Waals surface area contributed by atoms with Crippen LogP contribution in [0, 0.1) is 0 Å². The van der Waals surface area contributed by atoms with Gasteiger partial charge in [-0.2, -0.15) is 0 Å². The van der Waals surface area contributed by atoms with Crippen molar-refractivity contribution in [1.82, 2.24) is 4.98 Å². The number of aromatic nitrogens is 1. The number of nitrogens with one attached hydrogen (secondary N) is 1. The summed E-state index contributed by atoms with van der Waals surface area (Å²) in [5.74, 6) is 0.447. The van der Waals surface area contributed by atoms with Crippen molar-refractivity contribution < 1.29 is 0 Å². The first-order valence-electron chi connectivity index (χ1n) is 4.91. The molecule has 0 atom stereocenters. The number of aromatic amines is 1. The molecule has 0 aliphatic heterocycles. The maximum absolute atomic E-state index is 11.5. The molecule has 0 amide bonds. The Balaban J connectivity index is 2.86. The van der Waals surface area contributed by atoms with Gasteiger partial charge < -0.3 is 4.98 Å². The molecule has 1 N–H and O–H groups in total. The highest BCUT2D eigenvalue weighted by molar-refractivity contribution is 9.10. The van der Waals surface area contributed by atoms with Gasteiger partial charge in [0.2, 0.25) is 0 Å². The maximum atomic E-state index is 11.5. The Labute approximate surface area is 96.5 Å². The SMILES string of the molecule is CC(C)c1ccc2c(=O)[nH]ccc2c1Br. The lowest BCUT2D eigenvalue weighted by atomic mass is 10.0. The molecular weight excluding hydrogens is 254 g/mol. The van der Waals surface area contributed by atoms with Crippen molar-refractivity contribution in [2.75, 3.05) is 0 Å². The van der Waals surface area contributed by atoms with Gasteiger partial charge in [-0.25, -0.2) is 0 Å². The molecule has 0 saturated heterocycles. The molecule has 0 unspecified atom stereocenters. The fourth-order valence-electron chi connectivity index (χ4n) is 1.70. The number of fused-ring (bicyclic) bond motifs is 1. The van der Waals surface area contributed by atoms with Crippen LogP contribution >= 0.6 is 15.9 Å². The molecule has 1 aromatic heterocycles. The second-order valence-electron chi connectivity index (χ2n) is 3.89. The molecule has 0 aliphatic carbocycles. The van der Waals surface area contributed by atoms with Crippen LogP contribution in [0.4, 0.5) is 0 Å². The number of halogens is 1. The molecule has 2 rings (SSSR count). The van der Waals surface area contributed by atoms with Gasteiger partial charge in [-0.15, -0.1) is 0 Å². The Kier molecular flexibility index (Phi) is 2.65. The molecule has 15 heavy (non-hydrogen) atoms. The normalized spacial score (nSPS) is 11.2. The minimum atomic E-state index is -0.0384. The first-order valence-corrected chi connectivity index (χ1v) is 5.70. The molecule has 0 radical (unpaired) electrons. The average Bonchev–Trinajstić information content (AvgIpc) is 2.19. The van der Waals surface area contributed by atoms with Gasteiger partial charge in [0.25, 0.3) is 5.56 Å². The Hall–Kier alpha value is -1.09. The van der Waals surface area contributed by atoms with Gasteiger partial charge >= 0.3 is 0 Å². The van der Waals surface area contributed by atoms with Crippen LogP contribution in [-0.2, 0) is 0 Å². The van der Waals surface area contributed by atoms with Gasteiger partial charge in [0.1, 0.15) is 0 Å². The summed E-state index contributed by atoms with van der Waals surface area (Å²) in [4.78, 5) is 14.2. The number of hydrogen-bond donors (Lipinski definition) is 1. The number of hydrogen-bond acceptors (Lipinski definition) is 1. The molecule has 1 heterocycles. The number of H-pyrrole nitrogens is 1. The Morgan fingerprint density at radius 1 is 1.20 bits per heavy atom. The Bertz CT molecular complexity index is 557. The molecular formula is C12H12BrNO. The summed E-state index contributed by atoms with van der Waals surface area (Å²) in [5.41, 5.74) is 1.19. The lowest BCUT2D eigenvalue weighted by molar-refractivity contribution is 0.863. The highest BCUT2D eigenvalue weighted by Gasteiger charge is 2.09. The van der Waals surface area contributed by atoms with Crippen molar-refractivity contribution in [2.45, 2.75) is 19.8 Å². The van der Waals surface area contributed by atoms with E-state index < -0.39 is 0 Å². The summed E-state index contributed by atoms with van der Waals surface area (Å²) in [5, 5.41) is 1.71. The van der Waals surface area contributed by atoms with E-state index in [0.717, 1.165) is 15.2 Å². The fraction of sp³-hybridized carbons (Fsp3) is 0.250. The van der Waals surface area contributed by atoms with Crippen LogP contribution in [0.15, 0.2) is 33.7 Å². The van der Waals surface area contributed by atoms with E-state index in [1.807, 2.05) is 18.2 Å². The third-order valence-electron chi connectivity index (χ3n) is 2.54. The summed E-state index contributed by atoms with van der Waals surface area (Å²) >= 11 is 3.56. The van der Waals surface area contributed by atoms with Gasteiger partial charge in [0.05, 0.1) is 0 Å². The van der Waals surface area contributed by atoms with Crippen molar-refractivity contribution in [2.24, 2.45) is 0 Å². The molecule has 0 fully saturated rings. The topological polar surface area (TPSA) is 32.9 Å². The van der Waals surface area contributed by atoms with Crippen molar-refractivity contribution in [3.05, 3.63) is 44.8 Å². The minimum Gasteiger partial charge on any atom is -0.329 e. The highest BCUT2D eigenvalue weighted by Crippen LogP contribution is 2.30. The van der Waals surface area contributed by atoms with Crippen LogP contribution in [0.2, 0.25) is 0 Å². The number of pyridine rings is 1. The van der Waals surface area contributed by atoms with E-state index in [2.05, 4.69) is 34.8 Å². The van der Waals surface area contributed by atoms with Gasteiger partial charge in [-0.05, 0) is 39.5 Å². The van der Waals surface area contributed by atoms with Crippen molar-refractivity contribution in [3.63, 3.8) is 0 Å². The molecule has 0 bridgehead atoms. The van der Waals surface area contributed by atoms with E-state index in [-0.39, 0.29) is 5.56 Å². The maximum Gasteiger partial charge on any atom is 0.255 e. The third-order valence-corrected chi connectivity index (χ3v) is 3.43. The summed E-state index contributed by atoms with van der Waals surface area (Å²) in [6, 6.07) is 5.81. The zero-order chi connectivity index (χ0) is 11.0. The van der Waals surface area contributed by atoms with Crippen LogP contribution in [0.5, 0.6) is 0 Å². The second-order valence-corrected chi connectivity index (χ2v) is 4.68. The standard InChI is InChI=1S/C12H12BrNO/c1-7(2)8-3-4-10-9(11(8)13)5-6-14-12(10)15/h3-7H,1-2H3,(H,14,15). The summed E-state index contributed by atoms with van der Waals surface area (Å²) < 4.78 is 1.03. The van der Waals surface area contributed by atoms with E-state index in [0.29, 0.717) is 5.92 Å². The minimum absolute atomic E-state index is 0.0384. The highest BCUT2D eigenvalue weighted by atomic mass is 79.9. The fourth-order valence-corrected chi connectivity index (χ4v) is 2.63. The van der Waals surface area contributed by atoms with Gasteiger partial charge in [-0.3, -0.25) is 4.79 Å². The first kappa shape index (κ1) is 10.4. The van der Waals surface area contributed by atoms with E-state index >= 15 is 0 Å². The zero-order valence-electron chi connectivity index (χ0n) is 8.67. The predicted molar refractivity (Wildman–Crippen MR) is 66.4 cm³/mol. The molecule has 78 valence electrons. The molecule has 3 heteroatoms. The van der Waals surface area contributed by atoms with Crippen molar-refractivity contribution in [1.29, 1.82) is 0 Å². The van der Waals surface area contributed by atoms with Crippen molar-refractivity contribution >= 4 is 26.7 Å². The first-order chi connectivity index (χ1) is 7.11. The van der Waals surface area contributed by atoms with E-state index in [1.165, 1.54) is 5.56 Å². The summed E-state index contributed by atoms with van der Waals surface area (Å²) in [6.45, 7) is 4.28. The molecule has 0 saturated carbocycles. The van der Waals surface area contributed by atoms with E-state index in [4.69, 9.17) is 0 Å². The molecule has 0 aliphatic rings. The smallest absolute Gasteiger partial charge is 0.255 e. The summed E-state index contributed by atoms with van der Waals surface area (Å²) in [6.07, 6.45) is 1.68. The molecule has 0 spiro atoms. The van der Waals surface area contributed by atoms with Gasteiger partial charge in [0, 0.05) is 21.4 Å². The largest absolute Gasteiger partial charge is 0.329 e. The summed E-state index contributed by atoms with van der Waals surface area (Å²) in [7, 11) is 0. The lowest BCUT2D eigenvalue weighted by Gasteiger charge is -2.10. The second kappa shape index (κ2) is 3.81. The van der Waals surface area contributed by atoms with Crippen LogP contribution in [0.25, 0.3) is 10.8 Å². The molecule has 1 aromatic carbocycles.